The number of hydrogen-bond acceptors (Lipinski definition) is 4. The van der Waals surface area contributed by atoms with Gasteiger partial charge in [0.1, 0.15) is 0 Å². The molecule has 1 spiro atoms. The van der Waals surface area contributed by atoms with Gasteiger partial charge in [0.2, 0.25) is 11.8 Å². The van der Waals surface area contributed by atoms with E-state index >= 15 is 0 Å². The largest absolute Gasteiger partial charge is 0.356 e. The second-order valence-corrected chi connectivity index (χ2v) is 9.03. The van der Waals surface area contributed by atoms with E-state index < -0.39 is 5.92 Å². The number of rotatable bonds is 4. The Bertz CT molecular complexity index is 910. The van der Waals surface area contributed by atoms with Crippen LogP contribution in [0.1, 0.15) is 56.0 Å². The summed E-state index contributed by atoms with van der Waals surface area (Å²) in [5.74, 6) is -2.21. The Labute approximate surface area is 161 Å². The molecule has 1 saturated heterocycles. The molecule has 2 aliphatic carbocycles. The van der Waals surface area contributed by atoms with Crippen LogP contribution in [0, 0.1) is 17.3 Å². The van der Waals surface area contributed by atoms with Crippen LogP contribution in [0.25, 0.3) is 5.65 Å². The van der Waals surface area contributed by atoms with Gasteiger partial charge in [0.25, 0.3) is 0 Å². The third kappa shape index (κ3) is 3.07. The zero-order chi connectivity index (χ0) is 19.5. The van der Waals surface area contributed by atoms with Crippen molar-refractivity contribution in [2.75, 3.05) is 6.54 Å². The van der Waals surface area contributed by atoms with Gasteiger partial charge in [-0.3, -0.25) is 4.79 Å². The summed E-state index contributed by atoms with van der Waals surface area (Å²) in [5.41, 5.74) is 8.53. The van der Waals surface area contributed by atoms with Crippen molar-refractivity contribution in [3.63, 3.8) is 0 Å². The number of nitrogens with one attached hydrogen (secondary N) is 1. The van der Waals surface area contributed by atoms with Gasteiger partial charge >= 0.3 is 0 Å². The number of carbonyl (C=O) groups is 1. The van der Waals surface area contributed by atoms with Crippen molar-refractivity contribution in [1.82, 2.24) is 19.9 Å². The fourth-order valence-electron chi connectivity index (χ4n) is 5.37. The number of hydrogen-bond donors (Lipinski definition) is 2. The predicted molar refractivity (Wildman–Crippen MR) is 98.7 cm³/mol. The standard InChI is InChI=1S/C20H25F2N5O/c21-20(22)10-19(11-20)7-13(8-19)17(23)15-9-27-16(25-15)4-3-14(26-27)6-12-2-1-5-24-18(12)28/h3-4,9,12-13,17H,1-2,5-8,10-11,23H2,(H,24,28). The average molecular weight is 389 g/mol. The minimum absolute atomic E-state index is 0.00798. The molecule has 3 heterocycles. The van der Waals surface area contributed by atoms with Crippen LogP contribution in [0.4, 0.5) is 8.78 Å². The Hall–Kier alpha value is -2.09. The first-order valence-electron chi connectivity index (χ1n) is 10.1. The number of piperidine rings is 1. The van der Waals surface area contributed by atoms with Crippen molar-refractivity contribution in [3.8, 4) is 0 Å². The number of carbonyl (C=O) groups excluding carboxylic acids is 1. The van der Waals surface area contributed by atoms with Gasteiger partial charge in [0.05, 0.1) is 23.6 Å². The maximum atomic E-state index is 13.2. The third-order valence-electron chi connectivity index (χ3n) is 6.76. The number of halogens is 2. The fraction of sp³-hybridized carbons (Fsp3) is 0.650. The maximum Gasteiger partial charge on any atom is 0.249 e. The molecule has 2 atom stereocenters. The number of amides is 1. The number of alkyl halides is 2. The van der Waals surface area contributed by atoms with Crippen LogP contribution in [-0.4, -0.2) is 33.0 Å². The molecule has 0 aromatic carbocycles. The molecule has 8 heteroatoms. The molecule has 2 aromatic heterocycles. The first-order valence-corrected chi connectivity index (χ1v) is 10.1. The van der Waals surface area contributed by atoms with Gasteiger partial charge in [0.15, 0.2) is 5.65 Å². The lowest BCUT2D eigenvalue weighted by Gasteiger charge is -2.58. The normalized spacial score (nSPS) is 27.2. The van der Waals surface area contributed by atoms with E-state index in [1.807, 2.05) is 18.3 Å². The zero-order valence-electron chi connectivity index (χ0n) is 15.7. The van der Waals surface area contributed by atoms with Crippen molar-refractivity contribution in [2.45, 2.75) is 56.9 Å². The summed E-state index contributed by atoms with van der Waals surface area (Å²) in [5, 5.41) is 7.51. The first-order chi connectivity index (χ1) is 13.3. The molecule has 28 heavy (non-hydrogen) atoms. The van der Waals surface area contributed by atoms with E-state index in [1.54, 1.807) is 4.52 Å². The lowest BCUT2D eigenvalue weighted by atomic mass is 9.49. The van der Waals surface area contributed by atoms with Crippen LogP contribution >= 0.6 is 0 Å². The minimum atomic E-state index is -2.48. The number of fused-ring (bicyclic) bond motifs is 1. The lowest BCUT2D eigenvalue weighted by Crippen LogP contribution is -2.55. The van der Waals surface area contributed by atoms with Crippen LogP contribution in [0.3, 0.4) is 0 Å². The molecule has 2 saturated carbocycles. The highest BCUT2D eigenvalue weighted by Crippen LogP contribution is 2.66. The van der Waals surface area contributed by atoms with E-state index in [-0.39, 0.29) is 42.0 Å². The average Bonchev–Trinajstić information content (AvgIpc) is 3.02. The summed E-state index contributed by atoms with van der Waals surface area (Å²) in [6, 6.07) is 3.55. The van der Waals surface area contributed by atoms with E-state index in [1.165, 1.54) is 0 Å². The van der Waals surface area contributed by atoms with Crippen molar-refractivity contribution < 1.29 is 13.6 Å². The van der Waals surface area contributed by atoms with E-state index in [4.69, 9.17) is 5.73 Å². The topological polar surface area (TPSA) is 85.3 Å². The molecule has 0 radical (unpaired) electrons. The molecule has 3 aliphatic rings. The maximum absolute atomic E-state index is 13.2. The second-order valence-electron chi connectivity index (χ2n) is 9.03. The molecule has 1 amide bonds. The lowest BCUT2D eigenvalue weighted by molar-refractivity contribution is -0.209. The molecule has 2 unspecified atom stereocenters. The summed E-state index contributed by atoms with van der Waals surface area (Å²) >= 11 is 0. The predicted octanol–water partition coefficient (Wildman–Crippen LogP) is 2.62. The first kappa shape index (κ1) is 18.0. The summed E-state index contributed by atoms with van der Waals surface area (Å²) < 4.78 is 28.1. The van der Waals surface area contributed by atoms with Gasteiger partial charge in [-0.25, -0.2) is 18.3 Å². The molecule has 3 N–H and O–H groups in total. The Morgan fingerprint density at radius 2 is 2.11 bits per heavy atom. The van der Waals surface area contributed by atoms with Crippen molar-refractivity contribution in [3.05, 3.63) is 29.7 Å². The van der Waals surface area contributed by atoms with E-state index in [2.05, 4.69) is 15.4 Å². The summed E-state index contributed by atoms with van der Waals surface area (Å²) in [7, 11) is 0. The molecule has 0 bridgehead atoms. The Morgan fingerprint density at radius 1 is 1.32 bits per heavy atom. The van der Waals surface area contributed by atoms with Gasteiger partial charge in [-0.15, -0.1) is 0 Å². The Kier molecular flexibility index (Phi) is 3.98. The van der Waals surface area contributed by atoms with Crippen molar-refractivity contribution >= 4 is 11.6 Å². The number of nitrogens with two attached hydrogens (primary N) is 1. The highest BCUT2D eigenvalue weighted by molar-refractivity contribution is 5.79. The number of imidazole rings is 1. The minimum Gasteiger partial charge on any atom is -0.356 e. The number of aromatic nitrogens is 3. The third-order valence-corrected chi connectivity index (χ3v) is 6.76. The van der Waals surface area contributed by atoms with Crippen LogP contribution < -0.4 is 11.1 Å². The molecule has 150 valence electrons. The Balaban J connectivity index is 1.27. The second kappa shape index (κ2) is 6.20. The monoisotopic (exact) mass is 389 g/mol. The van der Waals surface area contributed by atoms with Crippen LogP contribution in [0.2, 0.25) is 0 Å². The van der Waals surface area contributed by atoms with Crippen LogP contribution in [0.5, 0.6) is 0 Å². The smallest absolute Gasteiger partial charge is 0.249 e. The van der Waals surface area contributed by atoms with Crippen LogP contribution in [0.15, 0.2) is 18.3 Å². The van der Waals surface area contributed by atoms with E-state index in [0.29, 0.717) is 12.1 Å². The van der Waals surface area contributed by atoms with E-state index in [0.717, 1.165) is 43.6 Å². The van der Waals surface area contributed by atoms with Crippen molar-refractivity contribution in [2.24, 2.45) is 23.0 Å². The van der Waals surface area contributed by atoms with Crippen LogP contribution in [-0.2, 0) is 11.2 Å². The van der Waals surface area contributed by atoms with Gasteiger partial charge in [0, 0.05) is 31.7 Å². The molecular formula is C20H25F2N5O. The molecule has 2 aromatic rings. The summed E-state index contributed by atoms with van der Waals surface area (Å²) in [6.07, 6.45) is 5.86. The highest BCUT2D eigenvalue weighted by atomic mass is 19.3. The molecule has 5 rings (SSSR count). The Morgan fingerprint density at radius 3 is 2.82 bits per heavy atom. The number of nitrogens with zero attached hydrogens (tertiary/aromatic N) is 3. The quantitative estimate of drug-likeness (QED) is 0.842. The molecule has 1 aliphatic heterocycles. The fourth-order valence-corrected chi connectivity index (χ4v) is 5.37. The summed E-state index contributed by atoms with van der Waals surface area (Å²) in [4.78, 5) is 16.6. The van der Waals surface area contributed by atoms with Gasteiger partial charge in [-0.05, 0) is 49.1 Å². The molecular weight excluding hydrogens is 364 g/mol. The van der Waals surface area contributed by atoms with Gasteiger partial charge in [-0.1, -0.05) is 0 Å². The molecule has 6 nitrogen and oxygen atoms in total. The SMILES string of the molecule is NC(c1cn2nc(CC3CCCNC3=O)ccc2n1)C1CC2(C1)CC(F)(F)C2. The van der Waals surface area contributed by atoms with Gasteiger partial charge in [-0.2, -0.15) is 5.10 Å². The van der Waals surface area contributed by atoms with E-state index in [9.17, 15) is 13.6 Å². The highest BCUT2D eigenvalue weighted by Gasteiger charge is 2.62. The summed E-state index contributed by atoms with van der Waals surface area (Å²) in [6.45, 7) is 0.755. The van der Waals surface area contributed by atoms with Crippen molar-refractivity contribution in [1.29, 1.82) is 0 Å². The molecule has 3 fully saturated rings. The van der Waals surface area contributed by atoms with Gasteiger partial charge < -0.3 is 11.1 Å². The zero-order valence-corrected chi connectivity index (χ0v) is 15.7.